The van der Waals surface area contributed by atoms with Crippen LogP contribution in [0.3, 0.4) is 0 Å². The molecule has 0 saturated heterocycles. The fourth-order valence-corrected chi connectivity index (χ4v) is 0.340. The predicted molar refractivity (Wildman–Crippen MR) is 34.7 cm³/mol. The zero-order valence-electron chi connectivity index (χ0n) is 6.36. The number of halogens is 1. The molecule has 0 N–H and O–H groups in total. The molecule has 0 spiro atoms. The van der Waals surface area contributed by atoms with E-state index in [9.17, 15) is 9.18 Å². The molecule has 1 nitrogen and oxygen atoms in total. The minimum absolute atomic E-state index is 0.244. The molecule has 0 aliphatic carbocycles. The van der Waals surface area contributed by atoms with E-state index in [4.69, 9.17) is 0 Å². The summed E-state index contributed by atoms with van der Waals surface area (Å²) in [5, 5.41) is 0. The van der Waals surface area contributed by atoms with E-state index in [1.807, 2.05) is 20.8 Å². The summed E-state index contributed by atoms with van der Waals surface area (Å²) in [6, 6.07) is -1.22. The van der Waals surface area contributed by atoms with Crippen molar-refractivity contribution in [1.29, 1.82) is 0 Å². The van der Waals surface area contributed by atoms with Gasteiger partial charge in [0.05, 0.1) is 5.92 Å². The maximum Gasteiger partial charge on any atom is 0.304 e. The molecule has 54 valence electrons. The molecule has 9 heavy (non-hydrogen) atoms. The topological polar surface area (TPSA) is 17.1 Å². The molecular formula is C7H13FO. The third kappa shape index (κ3) is 2.59. The summed E-state index contributed by atoms with van der Waals surface area (Å²) in [5.74, 6) is -0.488. The summed E-state index contributed by atoms with van der Waals surface area (Å²) in [7, 11) is 0. The molecule has 0 aliphatic heterocycles. The highest BCUT2D eigenvalue weighted by atomic mass is 19.1. The molecule has 0 bridgehead atoms. The first-order valence-electron chi connectivity index (χ1n) is 3.05. The Morgan fingerprint density at radius 3 is 1.78 bits per heavy atom. The lowest BCUT2D eigenvalue weighted by Crippen LogP contribution is -2.22. The minimum atomic E-state index is -1.22. The van der Waals surface area contributed by atoms with E-state index in [2.05, 4.69) is 0 Å². The van der Waals surface area contributed by atoms with Crippen LogP contribution in [-0.2, 0) is 4.79 Å². The Hall–Kier alpha value is -0.400. The molecule has 0 radical (unpaired) electrons. The molecule has 0 aliphatic rings. The van der Waals surface area contributed by atoms with Crippen LogP contribution < -0.4 is 0 Å². The Morgan fingerprint density at radius 1 is 1.44 bits per heavy atom. The second kappa shape index (κ2) is 2.46. The standard InChI is InChI=1S/C7H13FO/c1-5(6(8)9)7(2,3)4/h5H,1-4H3/t5-/m1/s1. The molecule has 0 heterocycles. The van der Waals surface area contributed by atoms with Crippen molar-refractivity contribution in [2.75, 3.05) is 0 Å². The smallest absolute Gasteiger partial charge is 0.261 e. The van der Waals surface area contributed by atoms with E-state index in [0.717, 1.165) is 0 Å². The first kappa shape index (κ1) is 8.60. The van der Waals surface area contributed by atoms with Crippen LogP contribution in [0.4, 0.5) is 4.39 Å². The van der Waals surface area contributed by atoms with Crippen LogP contribution in [0.2, 0.25) is 0 Å². The lowest BCUT2D eigenvalue weighted by atomic mass is 9.83. The first-order chi connectivity index (χ1) is 3.85. The normalized spacial score (nSPS) is 15.2. The van der Waals surface area contributed by atoms with Gasteiger partial charge in [0, 0.05) is 0 Å². The molecular weight excluding hydrogens is 119 g/mol. The summed E-state index contributed by atoms with van der Waals surface area (Å²) >= 11 is 0. The van der Waals surface area contributed by atoms with Crippen molar-refractivity contribution in [2.24, 2.45) is 11.3 Å². The van der Waals surface area contributed by atoms with Crippen LogP contribution in [0.25, 0.3) is 0 Å². The quantitative estimate of drug-likeness (QED) is 0.500. The van der Waals surface area contributed by atoms with Gasteiger partial charge in [-0.05, 0) is 5.41 Å². The monoisotopic (exact) mass is 132 g/mol. The Bertz CT molecular complexity index is 113. The molecule has 0 fully saturated rings. The number of hydrogen-bond acceptors (Lipinski definition) is 1. The zero-order valence-corrected chi connectivity index (χ0v) is 6.36. The Morgan fingerprint density at radius 2 is 1.78 bits per heavy atom. The van der Waals surface area contributed by atoms with Crippen LogP contribution >= 0.6 is 0 Å². The van der Waals surface area contributed by atoms with Crippen molar-refractivity contribution in [2.45, 2.75) is 27.7 Å². The van der Waals surface area contributed by atoms with Crippen molar-refractivity contribution in [3.05, 3.63) is 0 Å². The van der Waals surface area contributed by atoms with Gasteiger partial charge in [-0.1, -0.05) is 27.7 Å². The Balaban J connectivity index is 4.04. The Kier molecular flexibility index (Phi) is 2.35. The van der Waals surface area contributed by atoms with Crippen molar-refractivity contribution in [3.8, 4) is 0 Å². The third-order valence-electron chi connectivity index (χ3n) is 1.64. The SMILES string of the molecule is C[C@H](C(=O)F)C(C)(C)C. The molecule has 0 saturated carbocycles. The van der Waals surface area contributed by atoms with Gasteiger partial charge in [-0.3, -0.25) is 4.79 Å². The molecule has 0 aromatic carbocycles. The average molecular weight is 132 g/mol. The molecule has 0 aromatic rings. The number of hydrogen-bond donors (Lipinski definition) is 0. The van der Waals surface area contributed by atoms with Gasteiger partial charge in [0.1, 0.15) is 0 Å². The van der Waals surface area contributed by atoms with Gasteiger partial charge in [-0.2, -0.15) is 4.39 Å². The highest BCUT2D eigenvalue weighted by Crippen LogP contribution is 2.25. The van der Waals surface area contributed by atoms with Gasteiger partial charge in [0.15, 0.2) is 0 Å². The number of rotatable bonds is 1. The van der Waals surface area contributed by atoms with Crippen molar-refractivity contribution in [1.82, 2.24) is 0 Å². The lowest BCUT2D eigenvalue weighted by Gasteiger charge is -2.22. The predicted octanol–water partition coefficient (Wildman–Crippen LogP) is 2.16. The highest BCUT2D eigenvalue weighted by molar-refractivity contribution is 5.71. The lowest BCUT2D eigenvalue weighted by molar-refractivity contribution is -0.136. The van der Waals surface area contributed by atoms with Crippen molar-refractivity contribution >= 4 is 6.04 Å². The maximum absolute atomic E-state index is 12.0. The van der Waals surface area contributed by atoms with Gasteiger partial charge >= 0.3 is 6.04 Å². The largest absolute Gasteiger partial charge is 0.304 e. The maximum atomic E-state index is 12.0. The summed E-state index contributed by atoms with van der Waals surface area (Å²) in [6.45, 7) is 7.13. The second-order valence-electron chi connectivity index (χ2n) is 3.39. The number of carbonyl (C=O) groups is 1. The van der Waals surface area contributed by atoms with Crippen LogP contribution in [0.5, 0.6) is 0 Å². The number of carbonyl (C=O) groups excluding carboxylic acids is 1. The first-order valence-corrected chi connectivity index (χ1v) is 3.05. The van der Waals surface area contributed by atoms with Gasteiger partial charge in [0.25, 0.3) is 0 Å². The second-order valence-corrected chi connectivity index (χ2v) is 3.39. The third-order valence-corrected chi connectivity index (χ3v) is 1.64. The fraction of sp³-hybridized carbons (Fsp3) is 0.857. The molecule has 0 rings (SSSR count). The Labute approximate surface area is 55.3 Å². The van der Waals surface area contributed by atoms with Gasteiger partial charge in [-0.25, -0.2) is 0 Å². The van der Waals surface area contributed by atoms with Crippen molar-refractivity contribution in [3.63, 3.8) is 0 Å². The molecule has 1 atom stereocenters. The molecule has 0 unspecified atom stereocenters. The minimum Gasteiger partial charge on any atom is -0.261 e. The van der Waals surface area contributed by atoms with Crippen LogP contribution in [-0.4, -0.2) is 6.04 Å². The van der Waals surface area contributed by atoms with E-state index in [1.165, 1.54) is 0 Å². The average Bonchev–Trinajstić information content (AvgIpc) is 1.62. The zero-order chi connectivity index (χ0) is 7.65. The molecule has 2 heteroatoms. The van der Waals surface area contributed by atoms with E-state index in [1.54, 1.807) is 6.92 Å². The molecule has 0 amide bonds. The summed E-state index contributed by atoms with van der Waals surface area (Å²) in [4.78, 5) is 10.1. The highest BCUT2D eigenvalue weighted by Gasteiger charge is 2.26. The van der Waals surface area contributed by atoms with Crippen LogP contribution in [0, 0.1) is 11.3 Å². The van der Waals surface area contributed by atoms with Gasteiger partial charge in [-0.15, -0.1) is 0 Å². The van der Waals surface area contributed by atoms with Crippen molar-refractivity contribution < 1.29 is 9.18 Å². The van der Waals surface area contributed by atoms with Crippen LogP contribution in [0.15, 0.2) is 0 Å². The van der Waals surface area contributed by atoms with E-state index < -0.39 is 12.0 Å². The van der Waals surface area contributed by atoms with Gasteiger partial charge < -0.3 is 0 Å². The molecule has 0 aromatic heterocycles. The van der Waals surface area contributed by atoms with E-state index >= 15 is 0 Å². The van der Waals surface area contributed by atoms with E-state index in [0.29, 0.717) is 0 Å². The summed E-state index contributed by atoms with van der Waals surface area (Å²) in [6.07, 6.45) is 0. The van der Waals surface area contributed by atoms with Crippen LogP contribution in [0.1, 0.15) is 27.7 Å². The summed E-state index contributed by atoms with van der Waals surface area (Å²) in [5.41, 5.74) is -0.244. The summed E-state index contributed by atoms with van der Waals surface area (Å²) < 4.78 is 12.0. The van der Waals surface area contributed by atoms with Gasteiger partial charge in [0.2, 0.25) is 0 Å². The van der Waals surface area contributed by atoms with E-state index in [-0.39, 0.29) is 5.41 Å². The fourth-order valence-electron chi connectivity index (χ4n) is 0.340.